The second-order valence-electron chi connectivity index (χ2n) is 7.28. The predicted octanol–water partition coefficient (Wildman–Crippen LogP) is 3.57. The molecule has 1 aromatic heterocycles. The number of benzene rings is 1. The minimum Gasteiger partial charge on any atom is -0.487 e. The van der Waals surface area contributed by atoms with Crippen molar-refractivity contribution in [3.05, 3.63) is 54.2 Å². The van der Waals surface area contributed by atoms with E-state index in [9.17, 15) is 9.18 Å². The van der Waals surface area contributed by atoms with Crippen molar-refractivity contribution < 1.29 is 18.3 Å². The number of likely N-dealkylation sites (tertiary alicyclic amines) is 2. The molecule has 0 atom stereocenters. The van der Waals surface area contributed by atoms with Crippen LogP contribution in [0.4, 0.5) is 4.39 Å². The number of hydrogen-bond acceptors (Lipinski definition) is 4. The number of furan rings is 1. The van der Waals surface area contributed by atoms with E-state index >= 15 is 0 Å². The van der Waals surface area contributed by atoms with Crippen LogP contribution in [0, 0.1) is 5.82 Å². The van der Waals surface area contributed by atoms with Gasteiger partial charge in [0.05, 0.1) is 6.26 Å². The molecule has 0 unspecified atom stereocenters. The molecule has 0 radical (unpaired) electrons. The molecule has 27 heavy (non-hydrogen) atoms. The van der Waals surface area contributed by atoms with Gasteiger partial charge < -0.3 is 14.1 Å². The highest BCUT2D eigenvalue weighted by Gasteiger charge is 2.31. The van der Waals surface area contributed by atoms with Crippen LogP contribution in [0.2, 0.25) is 0 Å². The molecule has 1 aromatic carbocycles. The Hall–Kier alpha value is -2.34. The molecule has 2 saturated heterocycles. The first-order valence-corrected chi connectivity index (χ1v) is 9.69. The van der Waals surface area contributed by atoms with Crippen LogP contribution in [-0.4, -0.2) is 54.0 Å². The smallest absolute Gasteiger partial charge is 0.289 e. The van der Waals surface area contributed by atoms with Crippen molar-refractivity contribution in [2.45, 2.75) is 37.8 Å². The summed E-state index contributed by atoms with van der Waals surface area (Å²) < 4.78 is 24.8. The molecular formula is C21H25FN2O3. The summed E-state index contributed by atoms with van der Waals surface area (Å²) in [7, 11) is 0. The molecule has 2 fully saturated rings. The summed E-state index contributed by atoms with van der Waals surface area (Å²) in [6, 6.07) is 10.6. The molecule has 144 valence electrons. The van der Waals surface area contributed by atoms with Crippen molar-refractivity contribution in [1.29, 1.82) is 0 Å². The highest BCUT2D eigenvalue weighted by Crippen LogP contribution is 2.25. The quantitative estimate of drug-likeness (QED) is 0.823. The maximum atomic E-state index is 13.7. The Morgan fingerprint density at radius 3 is 2.41 bits per heavy atom. The summed E-state index contributed by atoms with van der Waals surface area (Å²) >= 11 is 0. The number of halogens is 1. The minimum absolute atomic E-state index is 0.0181. The van der Waals surface area contributed by atoms with Gasteiger partial charge in [0, 0.05) is 32.2 Å². The molecule has 5 nitrogen and oxygen atoms in total. The number of carbonyl (C=O) groups is 1. The van der Waals surface area contributed by atoms with Crippen LogP contribution in [0.3, 0.4) is 0 Å². The fraction of sp³-hybridized carbons (Fsp3) is 0.476. The van der Waals surface area contributed by atoms with Gasteiger partial charge in [-0.3, -0.25) is 9.69 Å². The summed E-state index contributed by atoms with van der Waals surface area (Å²) in [5, 5.41) is 0. The van der Waals surface area contributed by atoms with Gasteiger partial charge in [-0.15, -0.1) is 0 Å². The normalized spacial score (nSPS) is 20.0. The second-order valence-corrected chi connectivity index (χ2v) is 7.28. The lowest BCUT2D eigenvalue weighted by Gasteiger charge is -2.41. The van der Waals surface area contributed by atoms with Crippen LogP contribution in [0.25, 0.3) is 0 Å². The van der Waals surface area contributed by atoms with E-state index in [-0.39, 0.29) is 17.8 Å². The van der Waals surface area contributed by atoms with Gasteiger partial charge in [-0.1, -0.05) is 12.1 Å². The molecule has 0 bridgehead atoms. The lowest BCUT2D eigenvalue weighted by atomic mass is 9.98. The van der Waals surface area contributed by atoms with E-state index < -0.39 is 0 Å². The van der Waals surface area contributed by atoms with Crippen LogP contribution < -0.4 is 4.74 Å². The first-order chi connectivity index (χ1) is 13.2. The van der Waals surface area contributed by atoms with E-state index in [1.807, 2.05) is 4.90 Å². The monoisotopic (exact) mass is 372 g/mol. The van der Waals surface area contributed by atoms with E-state index in [0.717, 1.165) is 51.9 Å². The fourth-order valence-corrected chi connectivity index (χ4v) is 4.07. The molecule has 1 amide bonds. The molecule has 2 aromatic rings. The van der Waals surface area contributed by atoms with Crippen molar-refractivity contribution in [2.75, 3.05) is 26.2 Å². The Balaban J connectivity index is 1.24. The number of nitrogens with zero attached hydrogens (tertiary/aromatic N) is 2. The summed E-state index contributed by atoms with van der Waals surface area (Å²) in [5.74, 6) is 0.448. The lowest BCUT2D eigenvalue weighted by Crippen LogP contribution is -2.50. The van der Waals surface area contributed by atoms with Gasteiger partial charge in [-0.2, -0.15) is 0 Å². The van der Waals surface area contributed by atoms with Crippen molar-refractivity contribution in [3.8, 4) is 5.75 Å². The lowest BCUT2D eigenvalue weighted by molar-refractivity contribution is 0.0403. The zero-order valence-corrected chi connectivity index (χ0v) is 15.4. The van der Waals surface area contributed by atoms with E-state index in [4.69, 9.17) is 9.15 Å². The molecule has 6 heteroatoms. The average molecular weight is 372 g/mol. The van der Waals surface area contributed by atoms with Crippen molar-refractivity contribution in [3.63, 3.8) is 0 Å². The number of carbonyl (C=O) groups excluding carboxylic acids is 1. The zero-order chi connectivity index (χ0) is 18.6. The van der Waals surface area contributed by atoms with E-state index in [0.29, 0.717) is 17.6 Å². The zero-order valence-electron chi connectivity index (χ0n) is 15.4. The number of amides is 1. The standard InChI is InChI=1S/C21H25FN2O3/c22-18-4-1-2-5-19(18)27-17-9-13-23(14-10-17)16-7-11-24(12-8-16)21(25)20-6-3-15-26-20/h1-6,15-17H,7-14H2. The molecular weight excluding hydrogens is 347 g/mol. The Bertz CT molecular complexity index is 749. The van der Waals surface area contributed by atoms with Crippen molar-refractivity contribution >= 4 is 5.91 Å². The van der Waals surface area contributed by atoms with Crippen LogP contribution >= 0.6 is 0 Å². The van der Waals surface area contributed by atoms with Crippen LogP contribution in [0.1, 0.15) is 36.2 Å². The van der Waals surface area contributed by atoms with Gasteiger partial charge in [0.15, 0.2) is 17.3 Å². The topological polar surface area (TPSA) is 45.9 Å². The third kappa shape index (κ3) is 4.16. The molecule has 0 N–H and O–H groups in total. The van der Waals surface area contributed by atoms with E-state index in [1.54, 1.807) is 30.3 Å². The summed E-state index contributed by atoms with van der Waals surface area (Å²) in [5.41, 5.74) is 0. The number of rotatable bonds is 4. The van der Waals surface area contributed by atoms with Gasteiger partial charge >= 0.3 is 0 Å². The average Bonchev–Trinajstić information content (AvgIpc) is 3.25. The third-order valence-electron chi connectivity index (χ3n) is 5.61. The largest absolute Gasteiger partial charge is 0.487 e. The van der Waals surface area contributed by atoms with Gasteiger partial charge in [0.1, 0.15) is 6.10 Å². The van der Waals surface area contributed by atoms with Gasteiger partial charge in [0.2, 0.25) is 0 Å². The van der Waals surface area contributed by atoms with Crippen molar-refractivity contribution in [1.82, 2.24) is 9.80 Å². The summed E-state index contributed by atoms with van der Waals surface area (Å²) in [6.45, 7) is 3.43. The summed E-state index contributed by atoms with van der Waals surface area (Å²) in [4.78, 5) is 16.7. The molecule has 4 rings (SSSR count). The summed E-state index contributed by atoms with van der Waals surface area (Å²) in [6.07, 6.45) is 5.36. The molecule has 0 aliphatic carbocycles. The Kier molecular flexibility index (Phi) is 5.43. The number of para-hydroxylation sites is 1. The Labute approximate surface area is 158 Å². The molecule has 0 spiro atoms. The predicted molar refractivity (Wildman–Crippen MR) is 99.3 cm³/mol. The molecule has 0 saturated carbocycles. The second kappa shape index (κ2) is 8.13. The van der Waals surface area contributed by atoms with Gasteiger partial charge in [-0.25, -0.2) is 4.39 Å². The van der Waals surface area contributed by atoms with Crippen LogP contribution in [0.15, 0.2) is 47.1 Å². The number of hydrogen-bond donors (Lipinski definition) is 0. The number of ether oxygens (including phenoxy) is 1. The highest BCUT2D eigenvalue weighted by molar-refractivity contribution is 5.91. The third-order valence-corrected chi connectivity index (χ3v) is 5.61. The maximum absolute atomic E-state index is 13.7. The first-order valence-electron chi connectivity index (χ1n) is 9.69. The maximum Gasteiger partial charge on any atom is 0.289 e. The highest BCUT2D eigenvalue weighted by atomic mass is 19.1. The first kappa shape index (κ1) is 18.0. The van der Waals surface area contributed by atoms with Crippen LogP contribution in [0.5, 0.6) is 5.75 Å². The SMILES string of the molecule is O=C(c1ccco1)N1CCC(N2CCC(Oc3ccccc3F)CC2)CC1. The van der Waals surface area contributed by atoms with Gasteiger partial charge in [0.25, 0.3) is 5.91 Å². The minimum atomic E-state index is -0.298. The van der Waals surface area contributed by atoms with E-state index in [1.165, 1.54) is 12.3 Å². The molecule has 3 heterocycles. The molecule has 2 aliphatic rings. The molecule has 2 aliphatic heterocycles. The fourth-order valence-electron chi connectivity index (χ4n) is 4.07. The Morgan fingerprint density at radius 1 is 1.00 bits per heavy atom. The number of piperidine rings is 2. The van der Waals surface area contributed by atoms with Crippen LogP contribution in [-0.2, 0) is 0 Å². The van der Waals surface area contributed by atoms with Crippen molar-refractivity contribution in [2.24, 2.45) is 0 Å². The van der Waals surface area contributed by atoms with E-state index in [2.05, 4.69) is 4.90 Å². The Morgan fingerprint density at radius 2 is 1.74 bits per heavy atom. The van der Waals surface area contributed by atoms with Gasteiger partial charge in [-0.05, 0) is 49.9 Å².